The third kappa shape index (κ3) is 3.08. The molecule has 2 aromatic carbocycles. The van der Waals surface area contributed by atoms with E-state index in [1.54, 1.807) is 30.5 Å². The van der Waals surface area contributed by atoms with E-state index in [0.29, 0.717) is 17.7 Å². The maximum absolute atomic E-state index is 12.3. The lowest BCUT2D eigenvalue weighted by atomic mass is 10.1. The molecule has 0 atom stereocenters. The van der Waals surface area contributed by atoms with E-state index in [1.807, 2.05) is 24.3 Å². The molecule has 1 aromatic heterocycles. The van der Waals surface area contributed by atoms with Crippen molar-refractivity contribution in [3.05, 3.63) is 71.4 Å². The smallest absolute Gasteiger partial charge is 0.337 e. The Kier molecular flexibility index (Phi) is 4.10. The van der Waals surface area contributed by atoms with Crippen LogP contribution in [0.25, 0.3) is 10.9 Å². The summed E-state index contributed by atoms with van der Waals surface area (Å²) < 4.78 is 4.65. The van der Waals surface area contributed by atoms with Gasteiger partial charge in [-0.1, -0.05) is 30.3 Å². The fraction of sp³-hybridized carbons (Fsp3) is 0.111. The molecule has 23 heavy (non-hydrogen) atoms. The van der Waals surface area contributed by atoms with E-state index in [4.69, 9.17) is 0 Å². The van der Waals surface area contributed by atoms with E-state index in [1.165, 1.54) is 7.11 Å². The number of carbonyl (C=O) groups excluding carboxylic acids is 2. The van der Waals surface area contributed by atoms with Crippen LogP contribution in [0.1, 0.15) is 26.3 Å². The quantitative estimate of drug-likeness (QED) is 0.728. The van der Waals surface area contributed by atoms with Gasteiger partial charge in [0.2, 0.25) is 0 Å². The van der Waals surface area contributed by atoms with Crippen molar-refractivity contribution < 1.29 is 14.3 Å². The summed E-state index contributed by atoms with van der Waals surface area (Å²) in [6.45, 7) is 0.389. The van der Waals surface area contributed by atoms with Crippen LogP contribution in [0.15, 0.2) is 54.7 Å². The number of rotatable bonds is 4. The molecule has 1 amide bonds. The lowest BCUT2D eigenvalue weighted by Crippen LogP contribution is -2.22. The van der Waals surface area contributed by atoms with Crippen molar-refractivity contribution >= 4 is 22.8 Å². The maximum Gasteiger partial charge on any atom is 0.337 e. The van der Waals surface area contributed by atoms with Crippen LogP contribution < -0.4 is 5.32 Å². The fourth-order valence-electron chi connectivity index (χ4n) is 2.41. The van der Waals surface area contributed by atoms with Crippen molar-refractivity contribution in [3.8, 4) is 0 Å². The van der Waals surface area contributed by atoms with Gasteiger partial charge in [0.1, 0.15) is 0 Å². The van der Waals surface area contributed by atoms with Crippen LogP contribution in [0, 0.1) is 0 Å². The number of hydrogen-bond donors (Lipinski definition) is 2. The molecule has 0 saturated carbocycles. The van der Waals surface area contributed by atoms with Crippen LogP contribution in [0.2, 0.25) is 0 Å². The molecule has 0 fully saturated rings. The predicted molar refractivity (Wildman–Crippen MR) is 87.3 cm³/mol. The van der Waals surface area contributed by atoms with Gasteiger partial charge in [0.15, 0.2) is 0 Å². The fourth-order valence-corrected chi connectivity index (χ4v) is 2.41. The number of benzene rings is 2. The van der Waals surface area contributed by atoms with Gasteiger partial charge in [0.25, 0.3) is 5.91 Å². The zero-order valence-electron chi connectivity index (χ0n) is 12.6. The highest BCUT2D eigenvalue weighted by molar-refractivity contribution is 6.06. The first-order valence-corrected chi connectivity index (χ1v) is 7.20. The van der Waals surface area contributed by atoms with Crippen molar-refractivity contribution in [2.75, 3.05) is 7.11 Å². The summed E-state index contributed by atoms with van der Waals surface area (Å²) in [5.41, 5.74) is 2.94. The molecule has 116 valence electrons. The standard InChI is InChI=1S/C18H16N2O3/c1-23-18(22)13-8-6-12(7-9-13)10-20-17(21)15-11-19-16-5-3-2-4-14(15)16/h2-9,11,19H,10H2,1H3,(H,20,21). The van der Waals surface area contributed by atoms with Crippen LogP contribution in [0.5, 0.6) is 0 Å². The Morgan fingerprint density at radius 2 is 1.83 bits per heavy atom. The van der Waals surface area contributed by atoms with Gasteiger partial charge in [-0.05, 0) is 23.8 Å². The number of aromatic amines is 1. The largest absolute Gasteiger partial charge is 0.465 e. The van der Waals surface area contributed by atoms with Crippen molar-refractivity contribution in [1.29, 1.82) is 0 Å². The van der Waals surface area contributed by atoms with Crippen LogP contribution in [0.3, 0.4) is 0 Å². The highest BCUT2D eigenvalue weighted by Gasteiger charge is 2.11. The van der Waals surface area contributed by atoms with Gasteiger partial charge in [-0.2, -0.15) is 0 Å². The first-order valence-electron chi connectivity index (χ1n) is 7.20. The molecule has 0 aliphatic carbocycles. The van der Waals surface area contributed by atoms with Gasteiger partial charge in [0, 0.05) is 23.6 Å². The second-order valence-electron chi connectivity index (χ2n) is 5.12. The van der Waals surface area contributed by atoms with E-state index in [9.17, 15) is 9.59 Å². The molecule has 3 aromatic rings. The minimum Gasteiger partial charge on any atom is -0.465 e. The summed E-state index contributed by atoms with van der Waals surface area (Å²) >= 11 is 0. The molecule has 1 heterocycles. The number of ether oxygens (including phenoxy) is 1. The average Bonchev–Trinajstić information content (AvgIpc) is 3.03. The summed E-state index contributed by atoms with van der Waals surface area (Å²) in [7, 11) is 1.34. The molecule has 2 N–H and O–H groups in total. The molecule has 0 unspecified atom stereocenters. The lowest BCUT2D eigenvalue weighted by Gasteiger charge is -2.06. The van der Waals surface area contributed by atoms with Crippen LogP contribution in [-0.4, -0.2) is 24.0 Å². The van der Waals surface area contributed by atoms with Crippen LogP contribution in [-0.2, 0) is 11.3 Å². The van der Waals surface area contributed by atoms with Gasteiger partial charge in [-0.3, -0.25) is 4.79 Å². The molecule has 0 aliphatic rings. The summed E-state index contributed by atoms with van der Waals surface area (Å²) in [4.78, 5) is 26.8. The molecule has 0 bridgehead atoms. The van der Waals surface area contributed by atoms with Crippen molar-refractivity contribution in [1.82, 2.24) is 10.3 Å². The Morgan fingerprint density at radius 3 is 2.57 bits per heavy atom. The van der Waals surface area contributed by atoms with Gasteiger partial charge < -0.3 is 15.0 Å². The Balaban J connectivity index is 1.68. The first kappa shape index (κ1) is 14.8. The van der Waals surface area contributed by atoms with Gasteiger partial charge >= 0.3 is 5.97 Å². The molecular weight excluding hydrogens is 292 g/mol. The molecule has 5 nitrogen and oxygen atoms in total. The predicted octanol–water partition coefficient (Wildman–Crippen LogP) is 2.88. The Hall–Kier alpha value is -3.08. The Morgan fingerprint density at radius 1 is 1.09 bits per heavy atom. The van der Waals surface area contributed by atoms with E-state index in [2.05, 4.69) is 15.0 Å². The van der Waals surface area contributed by atoms with E-state index in [0.717, 1.165) is 16.5 Å². The molecule has 0 spiro atoms. The van der Waals surface area contributed by atoms with Crippen molar-refractivity contribution in [2.45, 2.75) is 6.54 Å². The number of esters is 1. The third-order valence-electron chi connectivity index (χ3n) is 3.66. The number of methoxy groups -OCH3 is 1. The number of fused-ring (bicyclic) bond motifs is 1. The third-order valence-corrected chi connectivity index (χ3v) is 3.66. The molecule has 5 heteroatoms. The normalized spacial score (nSPS) is 10.5. The first-order chi connectivity index (χ1) is 11.2. The summed E-state index contributed by atoms with van der Waals surface area (Å²) in [5, 5.41) is 3.78. The number of hydrogen-bond acceptors (Lipinski definition) is 3. The zero-order chi connectivity index (χ0) is 16.2. The summed E-state index contributed by atoms with van der Waals surface area (Å²) in [6, 6.07) is 14.6. The van der Waals surface area contributed by atoms with Crippen LogP contribution in [0.4, 0.5) is 0 Å². The second-order valence-corrected chi connectivity index (χ2v) is 5.12. The number of aromatic nitrogens is 1. The van der Waals surface area contributed by atoms with Gasteiger partial charge in [0.05, 0.1) is 18.2 Å². The topological polar surface area (TPSA) is 71.2 Å². The number of amides is 1. The van der Waals surface area contributed by atoms with Crippen molar-refractivity contribution in [2.24, 2.45) is 0 Å². The molecule has 3 rings (SSSR count). The Bertz CT molecular complexity index is 850. The molecule has 0 aliphatic heterocycles. The number of nitrogens with one attached hydrogen (secondary N) is 2. The number of carbonyl (C=O) groups is 2. The van der Waals surface area contributed by atoms with E-state index < -0.39 is 0 Å². The Labute approximate surface area is 133 Å². The second kappa shape index (κ2) is 6.36. The summed E-state index contributed by atoms with van der Waals surface area (Å²) in [5.74, 6) is -0.515. The van der Waals surface area contributed by atoms with E-state index in [-0.39, 0.29) is 11.9 Å². The highest BCUT2D eigenvalue weighted by Crippen LogP contribution is 2.17. The zero-order valence-corrected chi connectivity index (χ0v) is 12.6. The maximum atomic E-state index is 12.3. The minimum absolute atomic E-state index is 0.139. The lowest BCUT2D eigenvalue weighted by molar-refractivity contribution is 0.0600. The SMILES string of the molecule is COC(=O)c1ccc(CNC(=O)c2c[nH]c3ccccc23)cc1. The number of H-pyrrole nitrogens is 1. The minimum atomic E-state index is -0.376. The molecule has 0 saturated heterocycles. The summed E-state index contributed by atoms with van der Waals surface area (Å²) in [6.07, 6.45) is 1.71. The monoisotopic (exact) mass is 308 g/mol. The average molecular weight is 308 g/mol. The van der Waals surface area contributed by atoms with E-state index >= 15 is 0 Å². The van der Waals surface area contributed by atoms with Gasteiger partial charge in [-0.15, -0.1) is 0 Å². The van der Waals surface area contributed by atoms with Crippen LogP contribution >= 0.6 is 0 Å². The van der Waals surface area contributed by atoms with Crippen molar-refractivity contribution in [3.63, 3.8) is 0 Å². The number of para-hydroxylation sites is 1. The van der Waals surface area contributed by atoms with Gasteiger partial charge in [-0.25, -0.2) is 4.79 Å². The highest BCUT2D eigenvalue weighted by atomic mass is 16.5. The molecular formula is C18H16N2O3. The molecule has 0 radical (unpaired) electrons.